The number of aryl methyl sites for hydroxylation is 1. The van der Waals surface area contributed by atoms with Crippen LogP contribution in [0.25, 0.3) is 0 Å². The zero-order valence-electron chi connectivity index (χ0n) is 12.7. The minimum absolute atomic E-state index is 0.788. The quantitative estimate of drug-likeness (QED) is 0.765. The fraction of sp³-hybridized carbons (Fsp3) is 0.714. The average molecular weight is 279 g/mol. The molecule has 1 saturated heterocycles. The van der Waals surface area contributed by atoms with Crippen LogP contribution in [-0.4, -0.2) is 61.3 Å². The van der Waals surface area contributed by atoms with Gasteiger partial charge >= 0.3 is 0 Å². The van der Waals surface area contributed by atoms with Crippen molar-refractivity contribution in [2.24, 2.45) is 0 Å². The summed E-state index contributed by atoms with van der Waals surface area (Å²) >= 11 is 0. The van der Waals surface area contributed by atoms with Gasteiger partial charge in [-0.1, -0.05) is 0 Å². The predicted octanol–water partition coefficient (Wildman–Crippen LogP) is 1.27. The maximum atomic E-state index is 5.35. The first kappa shape index (κ1) is 15.0. The van der Waals surface area contributed by atoms with Crippen molar-refractivity contribution in [1.29, 1.82) is 0 Å². The number of anilines is 2. The van der Waals surface area contributed by atoms with Gasteiger partial charge in [-0.15, -0.1) is 0 Å². The third-order valence-electron chi connectivity index (χ3n) is 3.54. The Morgan fingerprint density at radius 1 is 1.15 bits per heavy atom. The number of morpholine rings is 1. The molecule has 1 aromatic heterocycles. The Bertz CT molecular complexity index is 432. The van der Waals surface area contributed by atoms with Crippen LogP contribution in [0.1, 0.15) is 17.8 Å². The number of hydrogen-bond donors (Lipinski definition) is 2. The normalized spacial score (nSPS) is 16.1. The molecule has 2 N–H and O–H groups in total. The van der Waals surface area contributed by atoms with Gasteiger partial charge in [0.15, 0.2) is 0 Å². The van der Waals surface area contributed by atoms with Gasteiger partial charge in [0.05, 0.1) is 13.2 Å². The van der Waals surface area contributed by atoms with E-state index in [2.05, 4.69) is 25.5 Å². The van der Waals surface area contributed by atoms with E-state index < -0.39 is 0 Å². The summed E-state index contributed by atoms with van der Waals surface area (Å²) in [5.74, 6) is 2.62. The topological polar surface area (TPSA) is 62.3 Å². The van der Waals surface area contributed by atoms with Crippen molar-refractivity contribution in [2.75, 3.05) is 57.1 Å². The van der Waals surface area contributed by atoms with Crippen LogP contribution in [0.15, 0.2) is 0 Å². The second kappa shape index (κ2) is 7.40. The fourth-order valence-electron chi connectivity index (χ4n) is 2.38. The number of ether oxygens (including phenoxy) is 1. The summed E-state index contributed by atoms with van der Waals surface area (Å²) in [4.78, 5) is 11.3. The van der Waals surface area contributed by atoms with Crippen molar-refractivity contribution < 1.29 is 4.74 Å². The van der Waals surface area contributed by atoms with Crippen LogP contribution >= 0.6 is 0 Å². The van der Waals surface area contributed by atoms with Crippen LogP contribution in [-0.2, 0) is 4.74 Å². The Labute approximate surface area is 120 Å². The van der Waals surface area contributed by atoms with Crippen molar-refractivity contribution >= 4 is 11.6 Å². The summed E-state index contributed by atoms with van der Waals surface area (Å²) < 4.78 is 5.35. The first-order chi connectivity index (χ1) is 9.70. The molecule has 1 aliphatic rings. The lowest BCUT2D eigenvalue weighted by atomic mass is 10.3. The molecular formula is C14H25N5O. The van der Waals surface area contributed by atoms with Gasteiger partial charge in [0.1, 0.15) is 17.5 Å². The Kier molecular flexibility index (Phi) is 5.55. The lowest BCUT2D eigenvalue weighted by Crippen LogP contribution is -2.37. The van der Waals surface area contributed by atoms with E-state index in [9.17, 15) is 0 Å². The fourth-order valence-corrected chi connectivity index (χ4v) is 2.38. The second-order valence-corrected chi connectivity index (χ2v) is 5.08. The highest BCUT2D eigenvalue weighted by Gasteiger charge is 2.10. The third kappa shape index (κ3) is 4.05. The van der Waals surface area contributed by atoms with Crippen LogP contribution in [0.2, 0.25) is 0 Å². The lowest BCUT2D eigenvalue weighted by Gasteiger charge is -2.26. The van der Waals surface area contributed by atoms with E-state index in [0.717, 1.165) is 68.8 Å². The molecule has 2 rings (SSSR count). The SMILES string of the molecule is CNc1nc(C)nc(NCCCN2CCOCC2)c1C. The molecular weight excluding hydrogens is 254 g/mol. The van der Waals surface area contributed by atoms with Crippen LogP contribution in [0.3, 0.4) is 0 Å². The molecule has 1 fully saturated rings. The molecule has 0 atom stereocenters. The van der Waals surface area contributed by atoms with Crippen molar-refractivity contribution in [2.45, 2.75) is 20.3 Å². The molecule has 0 saturated carbocycles. The van der Waals surface area contributed by atoms with Gasteiger partial charge < -0.3 is 15.4 Å². The molecule has 2 heterocycles. The maximum absolute atomic E-state index is 5.35. The molecule has 1 aliphatic heterocycles. The Morgan fingerprint density at radius 2 is 1.85 bits per heavy atom. The van der Waals surface area contributed by atoms with Gasteiger partial charge in [-0.25, -0.2) is 9.97 Å². The van der Waals surface area contributed by atoms with Crippen molar-refractivity contribution in [3.63, 3.8) is 0 Å². The molecule has 6 nitrogen and oxygen atoms in total. The molecule has 0 unspecified atom stereocenters. The van der Waals surface area contributed by atoms with E-state index in [1.165, 1.54) is 0 Å². The summed E-state index contributed by atoms with van der Waals surface area (Å²) in [7, 11) is 1.89. The minimum Gasteiger partial charge on any atom is -0.379 e. The van der Waals surface area contributed by atoms with Crippen LogP contribution in [0.4, 0.5) is 11.6 Å². The molecule has 0 aromatic carbocycles. The number of hydrogen-bond acceptors (Lipinski definition) is 6. The van der Waals surface area contributed by atoms with E-state index in [1.54, 1.807) is 0 Å². The van der Waals surface area contributed by atoms with Gasteiger partial charge in [0, 0.05) is 32.2 Å². The zero-order chi connectivity index (χ0) is 14.4. The minimum atomic E-state index is 0.788. The first-order valence-electron chi connectivity index (χ1n) is 7.27. The van der Waals surface area contributed by atoms with Crippen molar-refractivity contribution in [3.05, 3.63) is 11.4 Å². The van der Waals surface area contributed by atoms with Crippen LogP contribution in [0.5, 0.6) is 0 Å². The first-order valence-corrected chi connectivity index (χ1v) is 7.27. The highest BCUT2D eigenvalue weighted by molar-refractivity contribution is 5.56. The Hall–Kier alpha value is -1.40. The standard InChI is InChI=1S/C14H25N5O/c1-11-13(15-3)17-12(2)18-14(11)16-5-4-6-19-7-9-20-10-8-19/h4-10H2,1-3H3,(H2,15,16,17,18). The van der Waals surface area contributed by atoms with Gasteiger partial charge in [0.25, 0.3) is 0 Å². The summed E-state index contributed by atoms with van der Waals surface area (Å²) in [6.45, 7) is 9.82. The van der Waals surface area contributed by atoms with Gasteiger partial charge in [-0.05, 0) is 26.8 Å². The highest BCUT2D eigenvalue weighted by Crippen LogP contribution is 2.19. The molecule has 112 valence electrons. The largest absolute Gasteiger partial charge is 0.379 e. The Balaban J connectivity index is 1.80. The summed E-state index contributed by atoms with van der Waals surface area (Å²) in [6, 6.07) is 0. The van der Waals surface area contributed by atoms with E-state index in [1.807, 2.05) is 20.9 Å². The van der Waals surface area contributed by atoms with E-state index in [-0.39, 0.29) is 0 Å². The maximum Gasteiger partial charge on any atom is 0.134 e. The zero-order valence-corrected chi connectivity index (χ0v) is 12.7. The van der Waals surface area contributed by atoms with E-state index >= 15 is 0 Å². The molecule has 0 aliphatic carbocycles. The Morgan fingerprint density at radius 3 is 2.55 bits per heavy atom. The van der Waals surface area contributed by atoms with Crippen LogP contribution < -0.4 is 10.6 Å². The third-order valence-corrected chi connectivity index (χ3v) is 3.54. The van der Waals surface area contributed by atoms with Gasteiger partial charge in [-0.2, -0.15) is 0 Å². The summed E-state index contributed by atoms with van der Waals surface area (Å²) in [5.41, 5.74) is 1.07. The molecule has 0 spiro atoms. The highest BCUT2D eigenvalue weighted by atomic mass is 16.5. The van der Waals surface area contributed by atoms with E-state index in [4.69, 9.17) is 4.74 Å². The van der Waals surface area contributed by atoms with Crippen molar-refractivity contribution in [1.82, 2.24) is 14.9 Å². The summed E-state index contributed by atoms with van der Waals surface area (Å²) in [5, 5.41) is 6.52. The van der Waals surface area contributed by atoms with Crippen molar-refractivity contribution in [3.8, 4) is 0 Å². The number of aromatic nitrogens is 2. The van der Waals surface area contributed by atoms with Crippen LogP contribution in [0, 0.1) is 13.8 Å². The summed E-state index contributed by atoms with van der Waals surface area (Å²) in [6.07, 6.45) is 1.11. The molecule has 0 amide bonds. The number of nitrogens with one attached hydrogen (secondary N) is 2. The number of rotatable bonds is 6. The number of nitrogens with zero attached hydrogens (tertiary/aromatic N) is 3. The lowest BCUT2D eigenvalue weighted by molar-refractivity contribution is 0.0378. The smallest absolute Gasteiger partial charge is 0.134 e. The second-order valence-electron chi connectivity index (χ2n) is 5.08. The molecule has 6 heteroatoms. The van der Waals surface area contributed by atoms with Gasteiger partial charge in [-0.3, -0.25) is 4.90 Å². The molecule has 0 bridgehead atoms. The predicted molar refractivity (Wildman–Crippen MR) is 81.4 cm³/mol. The molecule has 1 aromatic rings. The molecule has 20 heavy (non-hydrogen) atoms. The monoisotopic (exact) mass is 279 g/mol. The molecule has 0 radical (unpaired) electrons. The van der Waals surface area contributed by atoms with E-state index in [0.29, 0.717) is 0 Å². The average Bonchev–Trinajstić information content (AvgIpc) is 2.47. The van der Waals surface area contributed by atoms with Gasteiger partial charge in [0.2, 0.25) is 0 Å².